The monoisotopic (exact) mass is 198 g/mol. The lowest BCUT2D eigenvalue weighted by molar-refractivity contribution is 0.718. The number of pyridine rings is 1. The van der Waals surface area contributed by atoms with Crippen LogP contribution < -0.4 is 5.73 Å². The molecular formula is C13H14N2. The Kier molecular flexibility index (Phi) is 3.10. The van der Waals surface area contributed by atoms with Crippen molar-refractivity contribution in [2.45, 2.75) is 12.5 Å². The van der Waals surface area contributed by atoms with E-state index in [0.717, 1.165) is 12.0 Å². The fraction of sp³-hybridized carbons (Fsp3) is 0.154. The van der Waals surface area contributed by atoms with Gasteiger partial charge in [0.25, 0.3) is 0 Å². The Morgan fingerprint density at radius 2 is 1.87 bits per heavy atom. The third-order valence-corrected chi connectivity index (χ3v) is 2.41. The lowest BCUT2D eigenvalue weighted by atomic mass is 10.0. The van der Waals surface area contributed by atoms with Crippen molar-refractivity contribution < 1.29 is 0 Å². The molecule has 1 aromatic heterocycles. The van der Waals surface area contributed by atoms with Gasteiger partial charge in [-0.15, -0.1) is 0 Å². The molecule has 0 radical (unpaired) electrons. The lowest BCUT2D eigenvalue weighted by Gasteiger charge is -2.11. The van der Waals surface area contributed by atoms with Crippen LogP contribution in [0.5, 0.6) is 0 Å². The summed E-state index contributed by atoms with van der Waals surface area (Å²) in [5.41, 5.74) is 8.43. The van der Waals surface area contributed by atoms with Crippen molar-refractivity contribution in [2.24, 2.45) is 5.73 Å². The van der Waals surface area contributed by atoms with E-state index < -0.39 is 0 Å². The predicted octanol–water partition coefficient (Wildman–Crippen LogP) is 2.32. The van der Waals surface area contributed by atoms with Gasteiger partial charge in [0.05, 0.1) is 0 Å². The second-order valence-electron chi connectivity index (χ2n) is 3.58. The van der Waals surface area contributed by atoms with Gasteiger partial charge in [-0.25, -0.2) is 0 Å². The fourth-order valence-electron chi connectivity index (χ4n) is 1.58. The van der Waals surface area contributed by atoms with E-state index >= 15 is 0 Å². The van der Waals surface area contributed by atoms with Crippen LogP contribution in [0.1, 0.15) is 17.2 Å². The summed E-state index contributed by atoms with van der Waals surface area (Å²) in [6, 6.07) is 14.2. The molecule has 0 fully saturated rings. The van der Waals surface area contributed by atoms with Crippen LogP contribution in [0.15, 0.2) is 54.9 Å². The van der Waals surface area contributed by atoms with Crippen LogP contribution in [-0.2, 0) is 6.42 Å². The summed E-state index contributed by atoms with van der Waals surface area (Å²) in [7, 11) is 0. The summed E-state index contributed by atoms with van der Waals surface area (Å²) in [6.45, 7) is 0. The zero-order chi connectivity index (χ0) is 10.5. The van der Waals surface area contributed by atoms with Crippen molar-refractivity contribution in [3.63, 3.8) is 0 Å². The number of rotatable bonds is 3. The number of benzene rings is 1. The molecule has 0 spiro atoms. The van der Waals surface area contributed by atoms with Crippen LogP contribution in [0.3, 0.4) is 0 Å². The summed E-state index contributed by atoms with van der Waals surface area (Å²) in [5, 5.41) is 0. The topological polar surface area (TPSA) is 38.9 Å². The van der Waals surface area contributed by atoms with E-state index in [2.05, 4.69) is 17.1 Å². The lowest BCUT2D eigenvalue weighted by Crippen LogP contribution is -2.13. The van der Waals surface area contributed by atoms with Gasteiger partial charge in [0.15, 0.2) is 0 Å². The van der Waals surface area contributed by atoms with Crippen molar-refractivity contribution in [1.82, 2.24) is 4.98 Å². The molecule has 15 heavy (non-hydrogen) atoms. The number of hydrogen-bond acceptors (Lipinski definition) is 2. The molecule has 2 rings (SSSR count). The molecule has 0 aliphatic rings. The second-order valence-corrected chi connectivity index (χ2v) is 3.58. The Balaban J connectivity index is 2.08. The standard InChI is InChI=1S/C13H14N2/c14-13(12-7-4-8-15-10-12)9-11-5-2-1-3-6-11/h1-8,10,13H,9,14H2. The Morgan fingerprint density at radius 1 is 1.07 bits per heavy atom. The van der Waals surface area contributed by atoms with E-state index in [9.17, 15) is 0 Å². The number of hydrogen-bond donors (Lipinski definition) is 1. The number of aromatic nitrogens is 1. The molecule has 1 heterocycles. The molecule has 0 bridgehead atoms. The molecule has 2 nitrogen and oxygen atoms in total. The first-order valence-electron chi connectivity index (χ1n) is 5.05. The Morgan fingerprint density at radius 3 is 2.53 bits per heavy atom. The molecule has 2 N–H and O–H groups in total. The third kappa shape index (κ3) is 2.64. The van der Waals surface area contributed by atoms with Gasteiger partial charge in [0.1, 0.15) is 0 Å². The van der Waals surface area contributed by atoms with Crippen molar-refractivity contribution in [3.05, 3.63) is 66.0 Å². The maximum atomic E-state index is 6.09. The van der Waals surface area contributed by atoms with Crippen molar-refractivity contribution in [2.75, 3.05) is 0 Å². The van der Waals surface area contributed by atoms with Gasteiger partial charge in [0, 0.05) is 18.4 Å². The molecule has 0 aliphatic heterocycles. The van der Waals surface area contributed by atoms with Crippen LogP contribution in [0.4, 0.5) is 0 Å². The average molecular weight is 198 g/mol. The van der Waals surface area contributed by atoms with Gasteiger partial charge >= 0.3 is 0 Å². The van der Waals surface area contributed by atoms with E-state index in [1.165, 1.54) is 5.56 Å². The molecule has 76 valence electrons. The van der Waals surface area contributed by atoms with E-state index in [1.807, 2.05) is 36.5 Å². The van der Waals surface area contributed by atoms with Gasteiger partial charge in [-0.2, -0.15) is 0 Å². The van der Waals surface area contributed by atoms with Gasteiger partial charge in [-0.05, 0) is 23.6 Å². The smallest absolute Gasteiger partial charge is 0.0351 e. The number of nitrogens with zero attached hydrogens (tertiary/aromatic N) is 1. The first-order chi connectivity index (χ1) is 7.36. The van der Waals surface area contributed by atoms with E-state index in [0.29, 0.717) is 0 Å². The molecule has 0 saturated carbocycles. The first-order valence-corrected chi connectivity index (χ1v) is 5.05. The highest BCUT2D eigenvalue weighted by Crippen LogP contribution is 2.14. The van der Waals surface area contributed by atoms with E-state index in [-0.39, 0.29) is 6.04 Å². The molecule has 1 atom stereocenters. The molecule has 0 saturated heterocycles. The van der Waals surface area contributed by atoms with Gasteiger partial charge in [-0.1, -0.05) is 36.4 Å². The summed E-state index contributed by atoms with van der Waals surface area (Å²) >= 11 is 0. The zero-order valence-corrected chi connectivity index (χ0v) is 8.51. The summed E-state index contributed by atoms with van der Waals surface area (Å²) in [5.74, 6) is 0. The van der Waals surface area contributed by atoms with Crippen molar-refractivity contribution >= 4 is 0 Å². The van der Waals surface area contributed by atoms with E-state index in [4.69, 9.17) is 5.73 Å². The highest BCUT2D eigenvalue weighted by Gasteiger charge is 2.05. The largest absolute Gasteiger partial charge is 0.324 e. The van der Waals surface area contributed by atoms with Crippen LogP contribution in [0.2, 0.25) is 0 Å². The van der Waals surface area contributed by atoms with Crippen LogP contribution in [0, 0.1) is 0 Å². The SMILES string of the molecule is NC(Cc1ccccc1)c1cccnc1. The summed E-state index contributed by atoms with van der Waals surface area (Å²) in [6.07, 6.45) is 4.44. The Bertz CT molecular complexity index is 397. The summed E-state index contributed by atoms with van der Waals surface area (Å²) < 4.78 is 0. The molecule has 1 aromatic carbocycles. The van der Waals surface area contributed by atoms with Gasteiger partial charge < -0.3 is 5.73 Å². The first kappa shape index (κ1) is 9.87. The molecular weight excluding hydrogens is 184 g/mol. The molecule has 0 aliphatic carbocycles. The molecule has 2 heteroatoms. The number of nitrogens with two attached hydrogens (primary N) is 1. The Hall–Kier alpha value is -1.67. The summed E-state index contributed by atoms with van der Waals surface area (Å²) in [4.78, 5) is 4.07. The highest BCUT2D eigenvalue weighted by molar-refractivity contribution is 5.20. The maximum Gasteiger partial charge on any atom is 0.0351 e. The van der Waals surface area contributed by atoms with Crippen LogP contribution in [0.25, 0.3) is 0 Å². The molecule has 0 amide bonds. The van der Waals surface area contributed by atoms with E-state index in [1.54, 1.807) is 6.20 Å². The zero-order valence-electron chi connectivity index (χ0n) is 8.51. The van der Waals surface area contributed by atoms with Gasteiger partial charge in [-0.3, -0.25) is 4.98 Å². The molecule has 2 aromatic rings. The van der Waals surface area contributed by atoms with Gasteiger partial charge in [0.2, 0.25) is 0 Å². The van der Waals surface area contributed by atoms with Crippen LogP contribution >= 0.6 is 0 Å². The van der Waals surface area contributed by atoms with Crippen LogP contribution in [-0.4, -0.2) is 4.98 Å². The predicted molar refractivity (Wildman–Crippen MR) is 61.3 cm³/mol. The normalized spacial score (nSPS) is 12.3. The maximum absolute atomic E-state index is 6.09. The second kappa shape index (κ2) is 4.71. The quantitative estimate of drug-likeness (QED) is 0.822. The Labute approximate surface area is 89.8 Å². The van der Waals surface area contributed by atoms with Crippen molar-refractivity contribution in [3.8, 4) is 0 Å². The molecule has 1 unspecified atom stereocenters. The minimum atomic E-state index is 0.0288. The average Bonchev–Trinajstić information content (AvgIpc) is 2.31. The minimum absolute atomic E-state index is 0.0288. The highest BCUT2D eigenvalue weighted by atomic mass is 14.7. The fourth-order valence-corrected chi connectivity index (χ4v) is 1.58. The van der Waals surface area contributed by atoms with Crippen molar-refractivity contribution in [1.29, 1.82) is 0 Å². The minimum Gasteiger partial charge on any atom is -0.324 e. The third-order valence-electron chi connectivity index (χ3n) is 2.41.